The lowest BCUT2D eigenvalue weighted by Gasteiger charge is -2.41. The molecule has 38 heavy (non-hydrogen) atoms. The van der Waals surface area contributed by atoms with Crippen molar-refractivity contribution in [1.29, 1.82) is 0 Å². The summed E-state index contributed by atoms with van der Waals surface area (Å²) >= 11 is 0. The van der Waals surface area contributed by atoms with Crippen LogP contribution in [0.25, 0.3) is 0 Å². The summed E-state index contributed by atoms with van der Waals surface area (Å²) in [6, 6.07) is 17.6. The van der Waals surface area contributed by atoms with E-state index in [1.165, 1.54) is 22.3 Å². The summed E-state index contributed by atoms with van der Waals surface area (Å²) in [5, 5.41) is 0. The van der Waals surface area contributed by atoms with Crippen molar-refractivity contribution in [2.24, 2.45) is 11.1 Å². The number of carbonyl (C=O) groups excluding carboxylic acids is 1. The molecule has 3 rings (SSSR count). The molecule has 5 nitrogen and oxygen atoms in total. The highest BCUT2D eigenvalue weighted by Crippen LogP contribution is 2.33. The van der Waals surface area contributed by atoms with Gasteiger partial charge in [-0.3, -0.25) is 9.69 Å². The highest BCUT2D eigenvalue weighted by molar-refractivity contribution is 5.84. The van der Waals surface area contributed by atoms with Crippen molar-refractivity contribution in [2.45, 2.75) is 65.2 Å². The number of carbonyl (C=O) groups is 1. The summed E-state index contributed by atoms with van der Waals surface area (Å²) < 4.78 is 0. The van der Waals surface area contributed by atoms with Gasteiger partial charge in [0, 0.05) is 45.8 Å². The molecule has 1 aliphatic heterocycles. The zero-order chi connectivity index (χ0) is 28.1. The van der Waals surface area contributed by atoms with E-state index < -0.39 is 5.41 Å². The van der Waals surface area contributed by atoms with Crippen LogP contribution in [-0.2, 0) is 28.5 Å². The first-order chi connectivity index (χ1) is 17.7. The monoisotopic (exact) mass is 520 g/mol. The van der Waals surface area contributed by atoms with Crippen LogP contribution in [0.3, 0.4) is 0 Å². The molecule has 1 saturated heterocycles. The number of hydrogen-bond donors (Lipinski definition) is 1. The van der Waals surface area contributed by atoms with E-state index in [4.69, 9.17) is 5.73 Å². The molecule has 5 heteroatoms. The van der Waals surface area contributed by atoms with Gasteiger partial charge in [-0.2, -0.15) is 0 Å². The van der Waals surface area contributed by atoms with Crippen LogP contribution in [0, 0.1) is 5.41 Å². The third kappa shape index (κ3) is 7.91. The van der Waals surface area contributed by atoms with Crippen LogP contribution in [0.1, 0.15) is 63.8 Å². The van der Waals surface area contributed by atoms with E-state index in [2.05, 4.69) is 119 Å². The Morgan fingerprint density at radius 1 is 0.763 bits per heavy atom. The number of likely N-dealkylation sites (N-methyl/N-ethyl adjacent to an activating group) is 1. The molecule has 1 heterocycles. The van der Waals surface area contributed by atoms with Crippen LogP contribution in [0.15, 0.2) is 48.5 Å². The molecule has 0 aromatic heterocycles. The van der Waals surface area contributed by atoms with E-state index >= 15 is 0 Å². The van der Waals surface area contributed by atoms with Crippen LogP contribution in [-0.4, -0.2) is 80.5 Å². The van der Waals surface area contributed by atoms with Gasteiger partial charge in [-0.15, -0.1) is 0 Å². The number of hydrogen-bond acceptors (Lipinski definition) is 4. The number of nitrogens with zero attached hydrogens (tertiary/aromatic N) is 3. The Morgan fingerprint density at radius 2 is 1.18 bits per heavy atom. The third-order valence-electron chi connectivity index (χ3n) is 8.09. The van der Waals surface area contributed by atoms with Crippen molar-refractivity contribution >= 4 is 5.91 Å². The molecule has 0 spiro atoms. The van der Waals surface area contributed by atoms with E-state index in [0.717, 1.165) is 39.3 Å². The minimum atomic E-state index is -0.668. The summed E-state index contributed by atoms with van der Waals surface area (Å²) in [6.07, 6.45) is 1.29. The first-order valence-corrected chi connectivity index (χ1v) is 14.3. The number of amides is 1. The lowest BCUT2D eigenvalue weighted by molar-refractivity contribution is -0.143. The van der Waals surface area contributed by atoms with Crippen molar-refractivity contribution < 1.29 is 4.79 Å². The molecule has 2 N–H and O–H groups in total. The van der Waals surface area contributed by atoms with Gasteiger partial charge in [0.25, 0.3) is 0 Å². The Bertz CT molecular complexity index is 961. The molecule has 210 valence electrons. The van der Waals surface area contributed by atoms with Gasteiger partial charge in [-0.05, 0) is 60.0 Å². The van der Waals surface area contributed by atoms with Gasteiger partial charge in [-0.1, -0.05) is 90.1 Å². The summed E-state index contributed by atoms with van der Waals surface area (Å²) in [4.78, 5) is 21.1. The average molecular weight is 521 g/mol. The fourth-order valence-corrected chi connectivity index (χ4v) is 5.32. The van der Waals surface area contributed by atoms with E-state index in [1.54, 1.807) is 0 Å². The SMILES string of the molecule is CN(C)CCN1CCN(C(=O)C(CN)(Cc2ccc(C(C)(C)C)cc2)Cc2ccc(C(C)(C)C)cc2)CC1. The largest absolute Gasteiger partial charge is 0.340 e. The standard InChI is InChI=1S/C33H52N4O/c1-31(2,3)28-13-9-26(10-14-28)23-33(25-34,24-27-11-15-29(16-12-27)32(4,5)6)30(38)37-21-19-36(20-22-37)18-17-35(7)8/h9-16H,17-25,34H2,1-8H3. The Morgan fingerprint density at radius 3 is 1.53 bits per heavy atom. The second-order valence-electron chi connectivity index (χ2n) is 13.7. The van der Waals surface area contributed by atoms with Crippen LogP contribution in [0.2, 0.25) is 0 Å². The predicted octanol–water partition coefficient (Wildman–Crippen LogP) is 4.72. The molecule has 0 radical (unpaired) electrons. The fourth-order valence-electron chi connectivity index (χ4n) is 5.32. The quantitative estimate of drug-likeness (QED) is 0.520. The number of benzene rings is 2. The highest BCUT2D eigenvalue weighted by Gasteiger charge is 2.41. The Balaban J connectivity index is 1.86. The van der Waals surface area contributed by atoms with Gasteiger partial charge < -0.3 is 15.5 Å². The van der Waals surface area contributed by atoms with Gasteiger partial charge in [-0.25, -0.2) is 0 Å². The maximum atomic E-state index is 14.3. The van der Waals surface area contributed by atoms with E-state index in [0.29, 0.717) is 19.4 Å². The first kappa shape index (κ1) is 30.3. The zero-order valence-electron chi connectivity index (χ0n) is 25.3. The number of piperazine rings is 1. The molecular formula is C33H52N4O. The number of rotatable bonds is 9. The van der Waals surface area contributed by atoms with Gasteiger partial charge in [0.2, 0.25) is 5.91 Å². The topological polar surface area (TPSA) is 52.8 Å². The van der Waals surface area contributed by atoms with Crippen molar-refractivity contribution in [2.75, 3.05) is 59.9 Å². The maximum absolute atomic E-state index is 14.3. The van der Waals surface area contributed by atoms with Crippen LogP contribution in [0.4, 0.5) is 0 Å². The van der Waals surface area contributed by atoms with E-state index in [1.807, 2.05) is 0 Å². The summed E-state index contributed by atoms with van der Waals surface area (Å²) in [5.74, 6) is 0.201. The number of nitrogens with two attached hydrogens (primary N) is 1. The zero-order valence-corrected chi connectivity index (χ0v) is 25.3. The van der Waals surface area contributed by atoms with Gasteiger partial charge >= 0.3 is 0 Å². The summed E-state index contributed by atoms with van der Waals surface area (Å²) in [6.45, 7) is 19.2. The Kier molecular flexibility index (Phi) is 9.83. The van der Waals surface area contributed by atoms with Crippen LogP contribution >= 0.6 is 0 Å². The second kappa shape index (κ2) is 12.3. The Hall–Kier alpha value is -2.21. The van der Waals surface area contributed by atoms with E-state index in [9.17, 15) is 4.79 Å². The molecule has 0 bridgehead atoms. The van der Waals surface area contributed by atoms with Crippen molar-refractivity contribution in [1.82, 2.24) is 14.7 Å². The minimum absolute atomic E-state index is 0.0976. The summed E-state index contributed by atoms with van der Waals surface area (Å²) in [7, 11) is 4.22. The van der Waals surface area contributed by atoms with Gasteiger partial charge in [0.1, 0.15) is 0 Å². The van der Waals surface area contributed by atoms with Crippen molar-refractivity contribution in [3.05, 3.63) is 70.8 Å². The molecular weight excluding hydrogens is 468 g/mol. The van der Waals surface area contributed by atoms with E-state index in [-0.39, 0.29) is 16.7 Å². The maximum Gasteiger partial charge on any atom is 0.230 e. The predicted molar refractivity (Wildman–Crippen MR) is 161 cm³/mol. The molecule has 1 amide bonds. The first-order valence-electron chi connectivity index (χ1n) is 14.3. The van der Waals surface area contributed by atoms with Crippen LogP contribution < -0.4 is 5.73 Å². The van der Waals surface area contributed by atoms with Gasteiger partial charge in [0.05, 0.1) is 5.41 Å². The average Bonchev–Trinajstić information content (AvgIpc) is 2.86. The van der Waals surface area contributed by atoms with Gasteiger partial charge in [0.15, 0.2) is 0 Å². The summed E-state index contributed by atoms with van der Waals surface area (Å²) in [5.41, 5.74) is 11.0. The molecule has 0 saturated carbocycles. The fraction of sp³-hybridized carbons (Fsp3) is 0.606. The molecule has 0 unspecified atom stereocenters. The molecule has 2 aromatic carbocycles. The normalized spacial score (nSPS) is 15.8. The van der Waals surface area contributed by atoms with Crippen molar-refractivity contribution in [3.8, 4) is 0 Å². The Labute approximate surface area is 232 Å². The molecule has 0 atom stereocenters. The molecule has 2 aromatic rings. The lowest BCUT2D eigenvalue weighted by atomic mass is 9.74. The van der Waals surface area contributed by atoms with Crippen molar-refractivity contribution in [3.63, 3.8) is 0 Å². The lowest BCUT2D eigenvalue weighted by Crippen LogP contribution is -2.56. The molecule has 1 fully saturated rings. The second-order valence-corrected chi connectivity index (χ2v) is 13.7. The van der Waals surface area contributed by atoms with Crippen LogP contribution in [0.5, 0.6) is 0 Å². The molecule has 0 aliphatic carbocycles. The smallest absolute Gasteiger partial charge is 0.230 e. The molecule has 1 aliphatic rings. The third-order valence-corrected chi connectivity index (χ3v) is 8.09. The minimum Gasteiger partial charge on any atom is -0.340 e. The highest BCUT2D eigenvalue weighted by atomic mass is 16.2.